The average Bonchev–Trinajstić information content (AvgIpc) is 1.95. The van der Waals surface area contributed by atoms with E-state index >= 15 is 0 Å². The molecule has 13 heavy (non-hydrogen) atoms. The van der Waals surface area contributed by atoms with E-state index in [2.05, 4.69) is 0 Å². The van der Waals surface area contributed by atoms with Gasteiger partial charge >= 0.3 is 0 Å². The van der Waals surface area contributed by atoms with Crippen LogP contribution in [0.4, 0.5) is 4.39 Å². The minimum Gasteiger partial charge on any atom is -0.225 e. The van der Waals surface area contributed by atoms with E-state index in [0.717, 1.165) is 6.07 Å². The molecule has 0 aliphatic heterocycles. The summed E-state index contributed by atoms with van der Waals surface area (Å²) >= 11 is 5.61. The van der Waals surface area contributed by atoms with Crippen LogP contribution in [0.1, 0.15) is 5.56 Å². The van der Waals surface area contributed by atoms with E-state index in [1.54, 1.807) is 0 Å². The molecule has 3 nitrogen and oxygen atoms in total. The summed E-state index contributed by atoms with van der Waals surface area (Å²) < 4.78 is 34.8. The Morgan fingerprint density at radius 1 is 1.46 bits per heavy atom. The van der Waals surface area contributed by atoms with Gasteiger partial charge in [0.15, 0.2) is 0 Å². The van der Waals surface area contributed by atoms with Crippen molar-refractivity contribution in [3.8, 4) is 0 Å². The fourth-order valence-electron chi connectivity index (χ4n) is 0.984. The number of hydrogen-bond donors (Lipinski definition) is 1. The Kier molecular flexibility index (Phi) is 2.61. The van der Waals surface area contributed by atoms with E-state index in [4.69, 9.17) is 16.7 Å². The lowest BCUT2D eigenvalue weighted by atomic mass is 10.2. The van der Waals surface area contributed by atoms with Crippen LogP contribution in [0.2, 0.25) is 5.02 Å². The SMILES string of the molecule is Cc1c(Cl)ccc(F)c1S(N)(=O)=O. The number of primary sulfonamides is 1. The fraction of sp³-hybridized carbons (Fsp3) is 0.143. The first kappa shape index (κ1) is 10.4. The lowest BCUT2D eigenvalue weighted by Gasteiger charge is -2.05. The second-order valence-electron chi connectivity index (χ2n) is 2.53. The molecule has 0 aromatic heterocycles. The Morgan fingerprint density at radius 3 is 2.38 bits per heavy atom. The molecule has 0 unspecified atom stereocenters. The minimum absolute atomic E-state index is 0.129. The van der Waals surface area contributed by atoms with Crippen LogP contribution in [0, 0.1) is 12.7 Å². The Balaban J connectivity index is 3.62. The molecule has 0 bridgehead atoms. The zero-order valence-corrected chi connectivity index (χ0v) is 8.29. The summed E-state index contributed by atoms with van der Waals surface area (Å²) in [6.07, 6.45) is 0. The van der Waals surface area contributed by atoms with Crippen LogP contribution in [0.5, 0.6) is 0 Å². The minimum atomic E-state index is -4.05. The van der Waals surface area contributed by atoms with E-state index in [9.17, 15) is 12.8 Å². The maximum atomic E-state index is 13.0. The molecule has 1 aromatic carbocycles. The summed E-state index contributed by atoms with van der Waals surface area (Å²) in [6, 6.07) is 2.25. The first-order chi connectivity index (χ1) is 5.84. The number of nitrogens with two attached hydrogens (primary N) is 1. The van der Waals surface area contributed by atoms with Gasteiger partial charge in [-0.2, -0.15) is 0 Å². The molecule has 1 aromatic rings. The van der Waals surface area contributed by atoms with E-state index in [1.807, 2.05) is 0 Å². The molecular weight excluding hydrogens is 217 g/mol. The van der Waals surface area contributed by atoms with Crippen molar-refractivity contribution in [1.29, 1.82) is 0 Å². The molecule has 0 heterocycles. The molecular formula is C7H7ClFNO2S. The van der Waals surface area contributed by atoms with Gasteiger partial charge < -0.3 is 0 Å². The van der Waals surface area contributed by atoms with Crippen molar-refractivity contribution in [2.45, 2.75) is 11.8 Å². The van der Waals surface area contributed by atoms with Gasteiger partial charge in [-0.25, -0.2) is 17.9 Å². The molecule has 0 saturated carbocycles. The highest BCUT2D eigenvalue weighted by Crippen LogP contribution is 2.24. The Morgan fingerprint density at radius 2 is 2.00 bits per heavy atom. The molecule has 0 aliphatic carbocycles. The summed E-state index contributed by atoms with van der Waals surface area (Å²) in [7, 11) is -4.05. The van der Waals surface area contributed by atoms with Crippen molar-refractivity contribution in [2.75, 3.05) is 0 Å². The molecule has 0 saturated heterocycles. The van der Waals surface area contributed by atoms with Crippen molar-refractivity contribution >= 4 is 21.6 Å². The van der Waals surface area contributed by atoms with Crippen LogP contribution in [0.3, 0.4) is 0 Å². The lowest BCUT2D eigenvalue weighted by Crippen LogP contribution is -2.15. The zero-order chi connectivity index (χ0) is 10.2. The summed E-state index contributed by atoms with van der Waals surface area (Å²) in [5.41, 5.74) is 0.129. The first-order valence-corrected chi connectivity index (χ1v) is 5.24. The maximum Gasteiger partial charge on any atom is 0.241 e. The quantitative estimate of drug-likeness (QED) is 0.783. The van der Waals surface area contributed by atoms with Gasteiger partial charge in [0, 0.05) is 5.02 Å². The molecule has 0 spiro atoms. The van der Waals surface area contributed by atoms with Gasteiger partial charge in [-0.1, -0.05) is 11.6 Å². The highest BCUT2D eigenvalue weighted by molar-refractivity contribution is 7.89. The van der Waals surface area contributed by atoms with Crippen LogP contribution >= 0.6 is 11.6 Å². The van der Waals surface area contributed by atoms with Crippen LogP contribution in [0.15, 0.2) is 17.0 Å². The maximum absolute atomic E-state index is 13.0. The summed E-state index contributed by atoms with van der Waals surface area (Å²) in [4.78, 5) is -0.542. The molecule has 2 N–H and O–H groups in total. The molecule has 0 amide bonds. The molecule has 0 fully saturated rings. The Labute approximate surface area is 80.4 Å². The predicted octanol–water partition coefficient (Wildman–Crippen LogP) is 1.43. The van der Waals surface area contributed by atoms with Gasteiger partial charge in [0.1, 0.15) is 10.7 Å². The van der Waals surface area contributed by atoms with Crippen molar-refractivity contribution < 1.29 is 12.8 Å². The van der Waals surface area contributed by atoms with E-state index in [-0.39, 0.29) is 10.6 Å². The van der Waals surface area contributed by atoms with Gasteiger partial charge in [0.2, 0.25) is 10.0 Å². The standard InChI is InChI=1S/C7H7ClFNO2S/c1-4-5(8)2-3-6(9)7(4)13(10,11)12/h2-3H,1H3,(H2,10,11,12). The van der Waals surface area contributed by atoms with Gasteiger partial charge in [0.05, 0.1) is 0 Å². The van der Waals surface area contributed by atoms with Gasteiger partial charge in [0.25, 0.3) is 0 Å². The zero-order valence-electron chi connectivity index (χ0n) is 6.71. The first-order valence-electron chi connectivity index (χ1n) is 3.31. The molecule has 0 atom stereocenters. The average molecular weight is 224 g/mol. The van der Waals surface area contributed by atoms with Crippen molar-refractivity contribution in [1.82, 2.24) is 0 Å². The molecule has 1 rings (SSSR count). The molecule has 0 radical (unpaired) electrons. The predicted molar refractivity (Wildman–Crippen MR) is 47.5 cm³/mol. The smallest absolute Gasteiger partial charge is 0.225 e. The van der Waals surface area contributed by atoms with Gasteiger partial charge in [-0.3, -0.25) is 0 Å². The van der Waals surface area contributed by atoms with Crippen molar-refractivity contribution in [3.05, 3.63) is 28.5 Å². The Bertz CT molecular complexity index is 444. The Hall–Kier alpha value is -0.650. The second-order valence-corrected chi connectivity index (χ2v) is 4.43. The van der Waals surface area contributed by atoms with E-state index < -0.39 is 20.7 Å². The number of rotatable bonds is 1. The van der Waals surface area contributed by atoms with Crippen molar-refractivity contribution in [2.24, 2.45) is 5.14 Å². The number of benzene rings is 1. The van der Waals surface area contributed by atoms with Crippen LogP contribution in [-0.4, -0.2) is 8.42 Å². The van der Waals surface area contributed by atoms with Crippen molar-refractivity contribution in [3.63, 3.8) is 0 Å². The third-order valence-electron chi connectivity index (χ3n) is 1.58. The molecule has 6 heteroatoms. The number of hydrogen-bond acceptors (Lipinski definition) is 2. The van der Waals surface area contributed by atoms with Crippen LogP contribution in [-0.2, 0) is 10.0 Å². The normalized spacial score (nSPS) is 11.7. The topological polar surface area (TPSA) is 60.2 Å². The van der Waals surface area contributed by atoms with E-state index in [1.165, 1.54) is 13.0 Å². The monoisotopic (exact) mass is 223 g/mol. The third kappa shape index (κ3) is 1.99. The summed E-state index contributed by atoms with van der Waals surface area (Å²) in [6.45, 7) is 1.39. The molecule has 0 aliphatic rings. The number of sulfonamides is 1. The van der Waals surface area contributed by atoms with Crippen LogP contribution in [0.25, 0.3) is 0 Å². The number of halogens is 2. The largest absolute Gasteiger partial charge is 0.241 e. The second kappa shape index (κ2) is 3.25. The fourth-order valence-corrected chi connectivity index (χ4v) is 2.07. The lowest BCUT2D eigenvalue weighted by molar-refractivity contribution is 0.566. The van der Waals surface area contributed by atoms with Crippen LogP contribution < -0.4 is 5.14 Å². The highest BCUT2D eigenvalue weighted by Gasteiger charge is 2.18. The molecule has 72 valence electrons. The van der Waals surface area contributed by atoms with Gasteiger partial charge in [-0.15, -0.1) is 0 Å². The van der Waals surface area contributed by atoms with Gasteiger partial charge in [-0.05, 0) is 24.6 Å². The third-order valence-corrected chi connectivity index (χ3v) is 3.06. The van der Waals surface area contributed by atoms with E-state index in [0.29, 0.717) is 0 Å². The summed E-state index contributed by atoms with van der Waals surface area (Å²) in [5, 5.41) is 4.97. The summed E-state index contributed by atoms with van der Waals surface area (Å²) in [5.74, 6) is -0.885. The highest BCUT2D eigenvalue weighted by atomic mass is 35.5.